The number of amides is 1. The molecule has 0 bridgehead atoms. The number of hydrogen-bond acceptors (Lipinski definition) is 3. The molecule has 2 rings (SSSR count). The van der Waals surface area contributed by atoms with Gasteiger partial charge in [-0.05, 0) is 24.2 Å². The van der Waals surface area contributed by atoms with Gasteiger partial charge in [0.1, 0.15) is 0 Å². The summed E-state index contributed by atoms with van der Waals surface area (Å²) in [6.07, 6.45) is 0.328. The highest BCUT2D eigenvalue weighted by Crippen LogP contribution is 2.27. The van der Waals surface area contributed by atoms with Crippen LogP contribution in [0, 0.1) is 0 Å². The number of likely N-dealkylation sites (N-methyl/N-ethyl adjacent to an activating group) is 1. The van der Waals surface area contributed by atoms with E-state index in [9.17, 15) is 9.59 Å². The third kappa shape index (κ3) is 2.29. The number of carboxylic acid groups (broad SMARTS) is 1. The molecule has 1 aromatic rings. The molecular formula is C12H14N2O3. The van der Waals surface area contributed by atoms with Crippen LogP contribution in [0.15, 0.2) is 18.2 Å². The summed E-state index contributed by atoms with van der Waals surface area (Å²) in [6, 6.07) is 5.31. The zero-order chi connectivity index (χ0) is 12.4. The number of aliphatic carboxylic acids is 1. The fourth-order valence-corrected chi connectivity index (χ4v) is 2.02. The number of rotatable bonds is 4. The summed E-state index contributed by atoms with van der Waals surface area (Å²) < 4.78 is 0. The first-order valence-electron chi connectivity index (χ1n) is 5.42. The fraction of sp³-hybridized carbons (Fsp3) is 0.333. The lowest BCUT2D eigenvalue weighted by atomic mass is 9.96. The molecule has 0 saturated heterocycles. The molecular weight excluding hydrogens is 220 g/mol. The smallest absolute Gasteiger partial charge is 0.312 e. The number of benzene rings is 1. The molecule has 0 spiro atoms. The van der Waals surface area contributed by atoms with Crippen LogP contribution in [-0.4, -0.2) is 30.6 Å². The third-order valence-corrected chi connectivity index (χ3v) is 2.86. The van der Waals surface area contributed by atoms with Gasteiger partial charge in [0.15, 0.2) is 0 Å². The Morgan fingerprint density at radius 2 is 2.35 bits per heavy atom. The van der Waals surface area contributed by atoms with E-state index in [1.165, 1.54) is 0 Å². The van der Waals surface area contributed by atoms with E-state index in [2.05, 4.69) is 10.6 Å². The van der Waals surface area contributed by atoms with Crippen LogP contribution in [0.4, 0.5) is 5.69 Å². The summed E-state index contributed by atoms with van der Waals surface area (Å²) >= 11 is 0. The predicted molar refractivity (Wildman–Crippen MR) is 63.1 cm³/mol. The predicted octanol–water partition coefficient (Wildman–Crippen LogP) is 0.569. The third-order valence-electron chi connectivity index (χ3n) is 2.86. The highest BCUT2D eigenvalue weighted by molar-refractivity contribution is 5.99. The molecule has 0 radical (unpaired) electrons. The molecule has 1 aliphatic heterocycles. The molecule has 1 amide bonds. The van der Waals surface area contributed by atoms with Crippen molar-refractivity contribution >= 4 is 17.6 Å². The second kappa shape index (κ2) is 4.55. The van der Waals surface area contributed by atoms with Crippen LogP contribution in [0.3, 0.4) is 0 Å². The average molecular weight is 234 g/mol. The van der Waals surface area contributed by atoms with Gasteiger partial charge in [-0.3, -0.25) is 9.59 Å². The molecule has 1 aliphatic rings. The minimum atomic E-state index is -0.864. The van der Waals surface area contributed by atoms with Crippen LogP contribution < -0.4 is 10.6 Å². The molecule has 5 heteroatoms. The molecule has 5 nitrogen and oxygen atoms in total. The quantitative estimate of drug-likeness (QED) is 0.711. The summed E-state index contributed by atoms with van der Waals surface area (Å²) in [7, 11) is 1.72. The number of carboxylic acids is 1. The highest BCUT2D eigenvalue weighted by Gasteiger charge is 2.23. The van der Waals surface area contributed by atoms with Crippen molar-refractivity contribution in [2.24, 2.45) is 0 Å². The first-order valence-corrected chi connectivity index (χ1v) is 5.42. The van der Waals surface area contributed by atoms with Gasteiger partial charge in [-0.2, -0.15) is 0 Å². The molecule has 1 atom stereocenters. The SMILES string of the molecule is CNCC(C(=O)O)c1ccc2c(c1)CC(=O)N2. The van der Waals surface area contributed by atoms with Crippen molar-refractivity contribution in [3.8, 4) is 0 Å². The van der Waals surface area contributed by atoms with E-state index in [1.807, 2.05) is 0 Å². The van der Waals surface area contributed by atoms with Crippen molar-refractivity contribution in [3.63, 3.8) is 0 Å². The maximum absolute atomic E-state index is 11.2. The Bertz CT molecular complexity index is 471. The molecule has 0 fully saturated rings. The minimum absolute atomic E-state index is 0.0439. The van der Waals surface area contributed by atoms with E-state index < -0.39 is 11.9 Å². The number of anilines is 1. The van der Waals surface area contributed by atoms with Gasteiger partial charge >= 0.3 is 5.97 Å². The summed E-state index contributed by atoms with van der Waals surface area (Å²) in [5, 5.41) is 14.7. The molecule has 90 valence electrons. The number of fused-ring (bicyclic) bond motifs is 1. The lowest BCUT2D eigenvalue weighted by Crippen LogP contribution is -2.24. The molecule has 0 saturated carbocycles. The first-order chi connectivity index (χ1) is 8.11. The standard InChI is InChI=1S/C12H14N2O3/c1-13-6-9(12(16)17)7-2-3-10-8(4-7)5-11(15)14-10/h2-4,9,13H,5-6H2,1H3,(H,14,15)(H,16,17). The van der Waals surface area contributed by atoms with Gasteiger partial charge in [-0.1, -0.05) is 12.1 Å². The van der Waals surface area contributed by atoms with Gasteiger partial charge in [-0.25, -0.2) is 0 Å². The van der Waals surface area contributed by atoms with Gasteiger partial charge < -0.3 is 15.7 Å². The lowest BCUT2D eigenvalue weighted by molar-refractivity contribution is -0.138. The van der Waals surface area contributed by atoms with Gasteiger partial charge in [-0.15, -0.1) is 0 Å². The summed E-state index contributed by atoms with van der Waals surface area (Å²) in [4.78, 5) is 22.3. The fourth-order valence-electron chi connectivity index (χ4n) is 2.02. The van der Waals surface area contributed by atoms with E-state index in [1.54, 1.807) is 25.2 Å². The second-order valence-corrected chi connectivity index (χ2v) is 4.09. The molecule has 1 heterocycles. The van der Waals surface area contributed by atoms with Crippen molar-refractivity contribution in [3.05, 3.63) is 29.3 Å². The van der Waals surface area contributed by atoms with Crippen molar-refractivity contribution in [1.29, 1.82) is 0 Å². The molecule has 1 unspecified atom stereocenters. The largest absolute Gasteiger partial charge is 0.481 e. The molecule has 1 aromatic carbocycles. The van der Waals surface area contributed by atoms with E-state index in [-0.39, 0.29) is 5.91 Å². The zero-order valence-corrected chi connectivity index (χ0v) is 9.49. The maximum atomic E-state index is 11.2. The zero-order valence-electron chi connectivity index (χ0n) is 9.49. The normalized spacial score (nSPS) is 15.2. The van der Waals surface area contributed by atoms with Crippen molar-refractivity contribution < 1.29 is 14.7 Å². The lowest BCUT2D eigenvalue weighted by Gasteiger charge is -2.13. The van der Waals surface area contributed by atoms with E-state index in [0.29, 0.717) is 13.0 Å². The van der Waals surface area contributed by atoms with Gasteiger partial charge in [0.25, 0.3) is 0 Å². The van der Waals surface area contributed by atoms with Crippen molar-refractivity contribution in [2.45, 2.75) is 12.3 Å². The Morgan fingerprint density at radius 3 is 3.00 bits per heavy atom. The van der Waals surface area contributed by atoms with E-state index >= 15 is 0 Å². The van der Waals surface area contributed by atoms with Crippen LogP contribution in [0.1, 0.15) is 17.0 Å². The number of carbonyl (C=O) groups is 2. The Morgan fingerprint density at radius 1 is 1.59 bits per heavy atom. The molecule has 17 heavy (non-hydrogen) atoms. The summed E-state index contributed by atoms with van der Waals surface area (Å²) in [6.45, 7) is 0.371. The number of hydrogen-bond donors (Lipinski definition) is 3. The molecule has 0 aliphatic carbocycles. The Hall–Kier alpha value is -1.88. The first kappa shape index (κ1) is 11.6. The average Bonchev–Trinajstić information content (AvgIpc) is 2.64. The second-order valence-electron chi connectivity index (χ2n) is 4.09. The van der Waals surface area contributed by atoms with Crippen LogP contribution >= 0.6 is 0 Å². The molecule has 3 N–H and O–H groups in total. The van der Waals surface area contributed by atoms with Gasteiger partial charge in [0, 0.05) is 12.2 Å². The summed E-state index contributed by atoms with van der Waals surface area (Å²) in [5.74, 6) is -1.49. The Balaban J connectivity index is 2.30. The minimum Gasteiger partial charge on any atom is -0.481 e. The van der Waals surface area contributed by atoms with E-state index in [0.717, 1.165) is 16.8 Å². The molecule has 0 aromatic heterocycles. The van der Waals surface area contributed by atoms with Crippen LogP contribution in [0.2, 0.25) is 0 Å². The Labute approximate surface area is 98.8 Å². The number of carbonyl (C=O) groups excluding carboxylic acids is 1. The topological polar surface area (TPSA) is 78.4 Å². The van der Waals surface area contributed by atoms with Crippen LogP contribution in [0.25, 0.3) is 0 Å². The summed E-state index contributed by atoms with van der Waals surface area (Å²) in [5.41, 5.74) is 2.38. The van der Waals surface area contributed by atoms with Gasteiger partial charge in [0.05, 0.1) is 12.3 Å². The van der Waals surface area contributed by atoms with Gasteiger partial charge in [0.2, 0.25) is 5.91 Å². The van der Waals surface area contributed by atoms with Crippen LogP contribution in [-0.2, 0) is 16.0 Å². The monoisotopic (exact) mass is 234 g/mol. The maximum Gasteiger partial charge on any atom is 0.312 e. The van der Waals surface area contributed by atoms with E-state index in [4.69, 9.17) is 5.11 Å². The van der Waals surface area contributed by atoms with Crippen molar-refractivity contribution in [1.82, 2.24) is 5.32 Å². The van der Waals surface area contributed by atoms with Crippen molar-refractivity contribution in [2.75, 3.05) is 18.9 Å². The Kier molecular flexibility index (Phi) is 3.10. The highest BCUT2D eigenvalue weighted by atomic mass is 16.4. The van der Waals surface area contributed by atoms with Crippen LogP contribution in [0.5, 0.6) is 0 Å². The number of nitrogens with one attached hydrogen (secondary N) is 2.